The molecule has 2 N–H and O–H groups in total. The predicted molar refractivity (Wildman–Crippen MR) is 144 cm³/mol. The number of benzene rings is 2. The van der Waals surface area contributed by atoms with Gasteiger partial charge in [0, 0.05) is 29.0 Å². The van der Waals surface area contributed by atoms with Gasteiger partial charge in [-0.25, -0.2) is 4.98 Å². The molecule has 1 atom stereocenters. The van der Waals surface area contributed by atoms with E-state index in [2.05, 4.69) is 56.2 Å². The number of aryl methyl sites for hydroxylation is 2. The van der Waals surface area contributed by atoms with Crippen molar-refractivity contribution in [2.75, 3.05) is 12.4 Å². The maximum absolute atomic E-state index is 13.6. The normalized spacial score (nSPS) is 18.4. The number of thioether (sulfide) groups is 1. The van der Waals surface area contributed by atoms with E-state index < -0.39 is 5.92 Å². The largest absolute Gasteiger partial charge is 0.496 e. The number of methoxy groups -OCH3 is 1. The summed E-state index contributed by atoms with van der Waals surface area (Å²) in [4.78, 5) is 34.9. The minimum absolute atomic E-state index is 0.0583. The zero-order valence-corrected chi connectivity index (χ0v) is 22.1. The maximum Gasteiger partial charge on any atom is 0.257 e. The van der Waals surface area contributed by atoms with Crippen molar-refractivity contribution in [2.45, 2.75) is 57.4 Å². The molecule has 2 aromatic carbocycles. The minimum Gasteiger partial charge on any atom is -0.496 e. The van der Waals surface area contributed by atoms with Crippen LogP contribution in [0.4, 0.5) is 5.82 Å². The van der Waals surface area contributed by atoms with Gasteiger partial charge in [-0.1, -0.05) is 67.6 Å². The lowest BCUT2D eigenvalue weighted by atomic mass is 9.69. The van der Waals surface area contributed by atoms with Gasteiger partial charge in [0.1, 0.15) is 11.6 Å². The first-order valence-electron chi connectivity index (χ1n) is 12.2. The van der Waals surface area contributed by atoms with Crippen LogP contribution in [0.15, 0.2) is 63.7 Å². The molecule has 1 aromatic heterocycles. The summed E-state index contributed by atoms with van der Waals surface area (Å²) in [6, 6.07) is 14.0. The van der Waals surface area contributed by atoms with Crippen LogP contribution >= 0.6 is 11.8 Å². The number of anilines is 1. The van der Waals surface area contributed by atoms with Crippen molar-refractivity contribution in [2.24, 2.45) is 5.41 Å². The number of ketones is 1. The fourth-order valence-electron chi connectivity index (χ4n) is 5.33. The monoisotopic (exact) mass is 501 g/mol. The van der Waals surface area contributed by atoms with Crippen molar-refractivity contribution < 1.29 is 9.53 Å². The third-order valence-electron chi connectivity index (χ3n) is 7.01. The van der Waals surface area contributed by atoms with Crippen LogP contribution < -0.4 is 15.6 Å². The Morgan fingerprint density at radius 2 is 1.89 bits per heavy atom. The van der Waals surface area contributed by atoms with Crippen LogP contribution in [0, 0.1) is 19.3 Å². The molecule has 2 heterocycles. The molecule has 0 saturated carbocycles. The summed E-state index contributed by atoms with van der Waals surface area (Å²) in [6.07, 6.45) is 1.14. The number of rotatable bonds is 5. The first-order chi connectivity index (χ1) is 17.2. The van der Waals surface area contributed by atoms with Gasteiger partial charge in [-0.15, -0.1) is 0 Å². The summed E-state index contributed by atoms with van der Waals surface area (Å²) < 4.78 is 5.65. The lowest BCUT2D eigenvalue weighted by Gasteiger charge is -2.38. The Kier molecular flexibility index (Phi) is 6.29. The zero-order chi connectivity index (χ0) is 25.6. The Morgan fingerprint density at radius 1 is 1.11 bits per heavy atom. The number of aromatic amines is 1. The third kappa shape index (κ3) is 4.48. The number of para-hydroxylation sites is 1. The van der Waals surface area contributed by atoms with Crippen molar-refractivity contribution in [1.29, 1.82) is 0 Å². The number of aromatic nitrogens is 2. The highest BCUT2D eigenvalue weighted by molar-refractivity contribution is 7.98. The number of hydrogen-bond acceptors (Lipinski definition) is 6. The maximum atomic E-state index is 13.6. The van der Waals surface area contributed by atoms with Crippen molar-refractivity contribution in [3.05, 3.63) is 91.9 Å². The predicted octanol–water partition coefficient (Wildman–Crippen LogP) is 5.89. The Labute approximate surface area is 215 Å². The van der Waals surface area contributed by atoms with Gasteiger partial charge in [0.05, 0.1) is 18.6 Å². The van der Waals surface area contributed by atoms with E-state index in [0.717, 1.165) is 11.3 Å². The smallest absolute Gasteiger partial charge is 0.257 e. The van der Waals surface area contributed by atoms with Crippen molar-refractivity contribution in [1.82, 2.24) is 9.97 Å². The van der Waals surface area contributed by atoms with E-state index >= 15 is 0 Å². The summed E-state index contributed by atoms with van der Waals surface area (Å²) in [7, 11) is 1.61. The van der Waals surface area contributed by atoms with E-state index in [1.807, 2.05) is 24.3 Å². The second-order valence-electron chi connectivity index (χ2n) is 10.5. The van der Waals surface area contributed by atoms with Crippen molar-refractivity contribution in [3.8, 4) is 5.75 Å². The fourth-order valence-corrected chi connectivity index (χ4v) is 6.27. The topological polar surface area (TPSA) is 84.1 Å². The van der Waals surface area contributed by atoms with Crippen LogP contribution in [0.25, 0.3) is 0 Å². The van der Waals surface area contributed by atoms with Gasteiger partial charge < -0.3 is 15.0 Å². The molecule has 0 spiro atoms. The molecule has 1 aliphatic heterocycles. The number of carbonyl (C=O) groups excluding carboxylic acids is 1. The molecule has 0 unspecified atom stereocenters. The van der Waals surface area contributed by atoms with Crippen molar-refractivity contribution >= 4 is 23.4 Å². The Balaban J connectivity index is 1.60. The van der Waals surface area contributed by atoms with Crippen LogP contribution in [-0.2, 0) is 10.5 Å². The number of hydrogen-bond donors (Lipinski definition) is 2. The third-order valence-corrected chi connectivity index (χ3v) is 7.93. The number of nitrogens with one attached hydrogen (secondary N) is 2. The Hall–Kier alpha value is -3.32. The quantitative estimate of drug-likeness (QED) is 0.335. The molecule has 7 heteroatoms. The average Bonchev–Trinajstić information content (AvgIpc) is 2.81. The Morgan fingerprint density at radius 3 is 2.64 bits per heavy atom. The Bertz CT molecular complexity index is 1450. The second kappa shape index (κ2) is 9.28. The minimum atomic E-state index is -0.536. The van der Waals surface area contributed by atoms with Crippen LogP contribution in [0.2, 0.25) is 0 Å². The number of fused-ring (bicyclic) bond motifs is 1. The van der Waals surface area contributed by atoms with Gasteiger partial charge in [-0.05, 0) is 42.9 Å². The van der Waals surface area contributed by atoms with Crippen molar-refractivity contribution in [3.63, 3.8) is 0 Å². The van der Waals surface area contributed by atoms with E-state index in [1.54, 1.807) is 7.11 Å². The molecule has 0 bridgehead atoms. The van der Waals surface area contributed by atoms with E-state index in [1.165, 1.54) is 28.5 Å². The summed E-state index contributed by atoms with van der Waals surface area (Å²) in [5.41, 5.74) is 5.99. The molecule has 1 aliphatic carbocycles. The molecule has 6 nitrogen and oxygen atoms in total. The fraction of sp³-hybridized carbons (Fsp3) is 0.345. The highest BCUT2D eigenvalue weighted by Crippen LogP contribution is 2.49. The lowest BCUT2D eigenvalue weighted by molar-refractivity contribution is -0.118. The summed E-state index contributed by atoms with van der Waals surface area (Å²) in [5, 5.41) is 3.95. The van der Waals surface area contributed by atoms with E-state index in [-0.39, 0.29) is 16.8 Å². The molecule has 186 valence electrons. The molecule has 0 fully saturated rings. The molecule has 0 amide bonds. The standard InChI is InChI=1S/C29H31N3O3S/c1-16-10-11-18(17(2)12-16)15-36-28-31-26-25(27(34)32-28)23(19-8-6-7-9-22(19)35-5)24-20(30-26)13-29(3,4)14-21(24)33/h6-12,23H,13-15H2,1-5H3,(H2,30,31,32,34)/t23-/m0/s1. The summed E-state index contributed by atoms with van der Waals surface area (Å²) in [5.74, 6) is 1.38. The van der Waals surface area contributed by atoms with E-state index in [9.17, 15) is 9.59 Å². The van der Waals surface area contributed by atoms with Crippen LogP contribution in [0.3, 0.4) is 0 Å². The average molecular weight is 502 g/mol. The molecule has 0 radical (unpaired) electrons. The summed E-state index contributed by atoms with van der Waals surface area (Å²) in [6.45, 7) is 8.37. The molecule has 2 aliphatic rings. The van der Waals surface area contributed by atoms with Gasteiger partial charge in [0.2, 0.25) is 0 Å². The van der Waals surface area contributed by atoms with E-state index in [0.29, 0.717) is 46.5 Å². The van der Waals surface area contributed by atoms with Gasteiger partial charge in [0.25, 0.3) is 5.56 Å². The number of nitrogens with zero attached hydrogens (tertiary/aromatic N) is 1. The van der Waals surface area contributed by atoms with Gasteiger partial charge in [0.15, 0.2) is 10.9 Å². The van der Waals surface area contributed by atoms with Gasteiger partial charge in [-0.3, -0.25) is 9.59 Å². The molecule has 0 saturated heterocycles. The highest BCUT2D eigenvalue weighted by Gasteiger charge is 2.43. The lowest BCUT2D eigenvalue weighted by Crippen LogP contribution is -2.37. The second-order valence-corrected chi connectivity index (χ2v) is 11.4. The zero-order valence-electron chi connectivity index (χ0n) is 21.3. The SMILES string of the molecule is COc1ccccc1[C@H]1C2=C(CC(C)(C)CC2=O)Nc2nc(SCc3ccc(C)cc3C)[nH]c(=O)c21. The molecular weight excluding hydrogens is 470 g/mol. The highest BCUT2D eigenvalue weighted by atomic mass is 32.2. The molecule has 5 rings (SSSR count). The molecular formula is C29H31N3O3S. The van der Waals surface area contributed by atoms with E-state index in [4.69, 9.17) is 9.72 Å². The number of Topliss-reactive ketones (excluding diaryl/α,β-unsaturated/α-hetero) is 1. The molecule has 3 aromatic rings. The number of ether oxygens (including phenoxy) is 1. The van der Waals surface area contributed by atoms with Gasteiger partial charge >= 0.3 is 0 Å². The number of carbonyl (C=O) groups is 1. The van der Waals surface area contributed by atoms with Gasteiger partial charge in [-0.2, -0.15) is 0 Å². The summed E-state index contributed by atoms with van der Waals surface area (Å²) >= 11 is 1.50. The molecule has 36 heavy (non-hydrogen) atoms. The first-order valence-corrected chi connectivity index (χ1v) is 13.1. The first kappa shape index (κ1) is 24.4. The number of H-pyrrole nitrogens is 1. The number of allylic oxidation sites excluding steroid dienone is 2. The van der Waals surface area contributed by atoms with Crippen LogP contribution in [0.5, 0.6) is 5.75 Å². The van der Waals surface area contributed by atoms with Crippen LogP contribution in [-0.4, -0.2) is 22.9 Å². The van der Waals surface area contributed by atoms with Crippen LogP contribution in [0.1, 0.15) is 60.4 Å².